The lowest BCUT2D eigenvalue weighted by molar-refractivity contribution is -0.132. The van der Waals surface area contributed by atoms with Gasteiger partial charge in [-0.15, -0.1) is 0 Å². The number of amides is 1. The van der Waals surface area contributed by atoms with E-state index in [1.165, 1.54) is 0 Å². The maximum absolute atomic E-state index is 12.7. The molecule has 2 heterocycles. The number of furan rings is 1. The largest absolute Gasteiger partial charge is 0.466 e. The first-order valence-corrected chi connectivity index (χ1v) is 7.66. The van der Waals surface area contributed by atoms with Crippen LogP contribution in [0.2, 0.25) is 0 Å². The number of aryl methyl sites for hydroxylation is 2. The highest BCUT2D eigenvalue weighted by Gasteiger charge is 2.36. The van der Waals surface area contributed by atoms with Gasteiger partial charge in [-0.2, -0.15) is 0 Å². The minimum absolute atomic E-state index is 0.0443. The zero-order valence-electron chi connectivity index (χ0n) is 13.7. The number of hydrogen-bond acceptors (Lipinski definition) is 4. The van der Waals surface area contributed by atoms with Crippen LogP contribution in [0.25, 0.3) is 0 Å². The summed E-state index contributed by atoms with van der Waals surface area (Å²) in [4.78, 5) is 14.9. The summed E-state index contributed by atoms with van der Waals surface area (Å²) >= 11 is 0. The van der Waals surface area contributed by atoms with Crippen molar-refractivity contribution >= 4 is 5.91 Å². The third-order valence-electron chi connectivity index (χ3n) is 4.36. The van der Waals surface area contributed by atoms with Crippen LogP contribution in [-0.2, 0) is 4.79 Å². The summed E-state index contributed by atoms with van der Waals surface area (Å²) in [6.07, 6.45) is 0. The van der Waals surface area contributed by atoms with E-state index in [9.17, 15) is 4.79 Å². The zero-order valence-corrected chi connectivity index (χ0v) is 13.7. The van der Waals surface area contributed by atoms with Gasteiger partial charge >= 0.3 is 0 Å². The third kappa shape index (κ3) is 3.47. The molecule has 5 nitrogen and oxygen atoms in total. The molecule has 1 saturated heterocycles. The van der Waals surface area contributed by atoms with Crippen LogP contribution in [0.3, 0.4) is 0 Å². The Labute approximate surface area is 127 Å². The second-order valence-electron chi connectivity index (χ2n) is 6.36. The molecule has 0 spiro atoms. The number of nitrogens with one attached hydrogen (secondary N) is 2. The Morgan fingerprint density at radius 2 is 2.00 bits per heavy atom. The van der Waals surface area contributed by atoms with Gasteiger partial charge in [0.2, 0.25) is 5.91 Å². The van der Waals surface area contributed by atoms with Crippen LogP contribution in [0, 0.1) is 13.8 Å². The number of rotatable bonds is 4. The molecule has 118 valence electrons. The van der Waals surface area contributed by atoms with Gasteiger partial charge in [-0.05, 0) is 40.7 Å². The van der Waals surface area contributed by atoms with E-state index < -0.39 is 5.54 Å². The fraction of sp³-hybridized carbons (Fsp3) is 0.688. The van der Waals surface area contributed by atoms with E-state index in [1.807, 2.05) is 40.7 Å². The normalized spacial score (nSPS) is 18.5. The summed E-state index contributed by atoms with van der Waals surface area (Å²) in [5, 5.41) is 6.44. The van der Waals surface area contributed by atoms with E-state index in [0.29, 0.717) is 0 Å². The van der Waals surface area contributed by atoms with E-state index >= 15 is 0 Å². The molecule has 5 heteroatoms. The summed E-state index contributed by atoms with van der Waals surface area (Å²) < 4.78 is 5.55. The van der Waals surface area contributed by atoms with Gasteiger partial charge in [0.25, 0.3) is 0 Å². The Hall–Kier alpha value is -1.33. The van der Waals surface area contributed by atoms with Crippen LogP contribution in [0.1, 0.15) is 43.9 Å². The minimum Gasteiger partial charge on any atom is -0.466 e. The van der Waals surface area contributed by atoms with Gasteiger partial charge < -0.3 is 15.1 Å². The Balaban J connectivity index is 2.04. The molecular formula is C16H27N3O2. The maximum Gasteiger partial charge on any atom is 0.240 e. The first-order valence-electron chi connectivity index (χ1n) is 7.66. The molecule has 2 rings (SSSR count). The molecule has 1 aromatic heterocycles. The highest BCUT2D eigenvalue weighted by Crippen LogP contribution is 2.23. The number of hydrogen-bond donors (Lipinski definition) is 2. The Kier molecular flexibility index (Phi) is 4.74. The molecule has 1 fully saturated rings. The minimum atomic E-state index is -0.497. The number of nitrogens with zero attached hydrogens (tertiary/aromatic N) is 1. The Morgan fingerprint density at radius 3 is 2.52 bits per heavy atom. The van der Waals surface area contributed by atoms with Crippen LogP contribution in [0.15, 0.2) is 10.5 Å². The molecule has 0 aliphatic carbocycles. The summed E-state index contributed by atoms with van der Waals surface area (Å²) in [7, 11) is 0. The van der Waals surface area contributed by atoms with Crippen molar-refractivity contribution in [3.63, 3.8) is 0 Å². The molecule has 21 heavy (non-hydrogen) atoms. The lowest BCUT2D eigenvalue weighted by Gasteiger charge is -2.40. The summed E-state index contributed by atoms with van der Waals surface area (Å²) in [5.74, 6) is 1.82. The van der Waals surface area contributed by atoms with Gasteiger partial charge in [-0.25, -0.2) is 0 Å². The molecule has 0 radical (unpaired) electrons. The summed E-state index contributed by atoms with van der Waals surface area (Å²) in [6.45, 7) is 13.5. The monoisotopic (exact) mass is 293 g/mol. The van der Waals surface area contributed by atoms with Gasteiger partial charge in [0.05, 0.1) is 11.6 Å². The fourth-order valence-corrected chi connectivity index (χ4v) is 2.90. The van der Waals surface area contributed by atoms with Crippen LogP contribution < -0.4 is 10.6 Å². The smallest absolute Gasteiger partial charge is 0.240 e. The van der Waals surface area contributed by atoms with E-state index in [0.717, 1.165) is 43.3 Å². The van der Waals surface area contributed by atoms with Crippen molar-refractivity contribution in [2.45, 2.75) is 46.2 Å². The lowest BCUT2D eigenvalue weighted by Crippen LogP contribution is -2.60. The van der Waals surface area contributed by atoms with E-state index in [-0.39, 0.29) is 11.9 Å². The lowest BCUT2D eigenvalue weighted by atomic mass is 9.99. The Morgan fingerprint density at radius 1 is 1.38 bits per heavy atom. The van der Waals surface area contributed by atoms with Gasteiger partial charge in [-0.3, -0.25) is 9.69 Å². The number of carbonyl (C=O) groups is 1. The van der Waals surface area contributed by atoms with Gasteiger partial charge in [0.1, 0.15) is 11.5 Å². The predicted molar refractivity (Wildman–Crippen MR) is 83.3 cm³/mol. The molecule has 0 aromatic carbocycles. The quantitative estimate of drug-likeness (QED) is 0.888. The van der Waals surface area contributed by atoms with Crippen molar-refractivity contribution in [3.8, 4) is 0 Å². The van der Waals surface area contributed by atoms with Crippen LogP contribution >= 0.6 is 0 Å². The molecule has 1 amide bonds. The molecule has 0 bridgehead atoms. The fourth-order valence-electron chi connectivity index (χ4n) is 2.90. The van der Waals surface area contributed by atoms with Crippen LogP contribution in [0.5, 0.6) is 0 Å². The standard InChI is InChI=1S/C16H27N3O2/c1-11-10-14(13(3)21-11)12(2)18-15(20)16(4,5)19-8-6-17-7-9-19/h10,12,17H,6-9H2,1-5H3,(H,18,20). The molecular weight excluding hydrogens is 266 g/mol. The van der Waals surface area contributed by atoms with Crippen LogP contribution in [0.4, 0.5) is 0 Å². The molecule has 1 aliphatic rings. The average Bonchev–Trinajstić information content (AvgIpc) is 2.78. The van der Waals surface area contributed by atoms with Crippen LogP contribution in [-0.4, -0.2) is 42.5 Å². The number of piperazine rings is 1. The zero-order chi connectivity index (χ0) is 15.6. The Bertz CT molecular complexity index is 502. The summed E-state index contributed by atoms with van der Waals surface area (Å²) in [6, 6.07) is 1.95. The van der Waals surface area contributed by atoms with Crippen molar-refractivity contribution < 1.29 is 9.21 Å². The molecule has 1 atom stereocenters. The van der Waals surface area contributed by atoms with E-state index in [2.05, 4.69) is 15.5 Å². The SMILES string of the molecule is Cc1cc(C(C)NC(=O)C(C)(C)N2CCNCC2)c(C)o1. The first-order chi connectivity index (χ1) is 9.82. The predicted octanol–water partition coefficient (Wildman–Crippen LogP) is 1.76. The molecule has 1 aromatic rings. The van der Waals surface area contributed by atoms with Crippen molar-refractivity contribution in [3.05, 3.63) is 23.2 Å². The van der Waals surface area contributed by atoms with Crippen molar-refractivity contribution in [2.75, 3.05) is 26.2 Å². The number of carbonyl (C=O) groups excluding carboxylic acids is 1. The van der Waals surface area contributed by atoms with Gasteiger partial charge in [0, 0.05) is 31.7 Å². The second kappa shape index (κ2) is 6.20. The highest BCUT2D eigenvalue weighted by atomic mass is 16.3. The summed E-state index contributed by atoms with van der Waals surface area (Å²) in [5.41, 5.74) is 0.556. The van der Waals surface area contributed by atoms with Crippen molar-refractivity contribution in [1.29, 1.82) is 0 Å². The second-order valence-corrected chi connectivity index (χ2v) is 6.36. The van der Waals surface area contributed by atoms with E-state index in [4.69, 9.17) is 4.42 Å². The molecule has 1 aliphatic heterocycles. The molecule has 0 saturated carbocycles. The van der Waals surface area contributed by atoms with Gasteiger partial charge in [0.15, 0.2) is 0 Å². The highest BCUT2D eigenvalue weighted by molar-refractivity contribution is 5.85. The molecule has 1 unspecified atom stereocenters. The maximum atomic E-state index is 12.7. The van der Waals surface area contributed by atoms with Crippen molar-refractivity contribution in [2.24, 2.45) is 0 Å². The van der Waals surface area contributed by atoms with Crippen molar-refractivity contribution in [1.82, 2.24) is 15.5 Å². The third-order valence-corrected chi connectivity index (χ3v) is 4.36. The topological polar surface area (TPSA) is 57.5 Å². The van der Waals surface area contributed by atoms with E-state index in [1.54, 1.807) is 0 Å². The van der Waals surface area contributed by atoms with Gasteiger partial charge in [-0.1, -0.05) is 0 Å². The molecule has 2 N–H and O–H groups in total. The average molecular weight is 293 g/mol. The first kappa shape index (κ1) is 16.0.